The summed E-state index contributed by atoms with van der Waals surface area (Å²) in [5, 5.41) is 15.2. The third-order valence-electron chi connectivity index (χ3n) is 4.31. The molecule has 24 heavy (non-hydrogen) atoms. The van der Waals surface area contributed by atoms with Gasteiger partial charge in [0.1, 0.15) is 0 Å². The molecule has 0 spiro atoms. The second-order valence-corrected chi connectivity index (χ2v) is 8.32. The summed E-state index contributed by atoms with van der Waals surface area (Å²) >= 11 is 5.34. The molecule has 8 heteroatoms. The molecule has 3 aliphatic rings. The Morgan fingerprint density at radius 2 is 2.08 bits per heavy atom. The van der Waals surface area contributed by atoms with Gasteiger partial charge in [0.25, 0.3) is 5.91 Å². The van der Waals surface area contributed by atoms with Crippen LogP contribution in [0.3, 0.4) is 0 Å². The van der Waals surface area contributed by atoms with Gasteiger partial charge in [-0.2, -0.15) is 20.3 Å². The fraction of sp³-hybridized carbons (Fsp3) is 0.438. The fourth-order valence-electron chi connectivity index (χ4n) is 3.03. The van der Waals surface area contributed by atoms with Crippen LogP contribution in [0.15, 0.2) is 50.7 Å². The van der Waals surface area contributed by atoms with Crippen LogP contribution in [0.2, 0.25) is 0 Å². The number of thioether (sulfide) groups is 1. The van der Waals surface area contributed by atoms with E-state index in [0.717, 1.165) is 18.5 Å². The summed E-state index contributed by atoms with van der Waals surface area (Å²) in [5.41, 5.74) is 1.37. The first-order valence-corrected chi connectivity index (χ1v) is 9.66. The summed E-state index contributed by atoms with van der Waals surface area (Å²) < 4.78 is 0. The molecule has 1 aromatic rings. The van der Waals surface area contributed by atoms with Crippen molar-refractivity contribution < 1.29 is 4.79 Å². The minimum absolute atomic E-state index is 0.176. The zero-order chi connectivity index (χ0) is 16.7. The predicted molar refractivity (Wildman–Crippen MR) is 99.3 cm³/mol. The van der Waals surface area contributed by atoms with Crippen molar-refractivity contribution in [1.29, 1.82) is 0 Å². The molecular weight excluding hydrogens is 390 g/mol. The monoisotopic (exact) mass is 405 g/mol. The van der Waals surface area contributed by atoms with Crippen LogP contribution in [0.4, 0.5) is 5.69 Å². The molecule has 0 bridgehead atoms. The Bertz CT molecular complexity index is 750. The number of halogens is 1. The minimum atomic E-state index is -0.659. The number of hydrazone groups is 1. The molecule has 4 atom stereocenters. The molecule has 0 unspecified atom stereocenters. The first-order valence-electron chi connectivity index (χ1n) is 7.87. The molecule has 1 aliphatic carbocycles. The maximum Gasteiger partial charge on any atom is 0.281 e. The van der Waals surface area contributed by atoms with Crippen LogP contribution in [-0.2, 0) is 4.79 Å². The Hall–Kier alpha value is -1.54. The van der Waals surface area contributed by atoms with Gasteiger partial charge in [0.05, 0.1) is 17.4 Å². The summed E-state index contributed by atoms with van der Waals surface area (Å²) in [6.07, 6.45) is 2.18. The van der Waals surface area contributed by atoms with Crippen LogP contribution >= 0.6 is 27.7 Å². The van der Waals surface area contributed by atoms with Crippen LogP contribution in [0.5, 0.6) is 0 Å². The lowest BCUT2D eigenvalue weighted by Gasteiger charge is -2.14. The van der Waals surface area contributed by atoms with Crippen molar-refractivity contribution >= 4 is 50.2 Å². The van der Waals surface area contributed by atoms with Crippen molar-refractivity contribution in [3.05, 3.63) is 30.3 Å². The van der Waals surface area contributed by atoms with Gasteiger partial charge in [0.2, 0.25) is 0 Å². The molecule has 0 saturated heterocycles. The Morgan fingerprint density at radius 1 is 1.29 bits per heavy atom. The van der Waals surface area contributed by atoms with Crippen LogP contribution in [0, 0.1) is 0 Å². The smallest absolute Gasteiger partial charge is 0.269 e. The van der Waals surface area contributed by atoms with E-state index in [2.05, 4.69) is 31.3 Å². The molecule has 1 aromatic carbocycles. The van der Waals surface area contributed by atoms with Crippen LogP contribution < -0.4 is 0 Å². The zero-order valence-electron chi connectivity index (χ0n) is 13.0. The molecule has 0 radical (unpaired) electrons. The highest BCUT2D eigenvalue weighted by Gasteiger charge is 2.45. The van der Waals surface area contributed by atoms with Crippen LogP contribution in [-0.4, -0.2) is 44.0 Å². The summed E-state index contributed by atoms with van der Waals surface area (Å²) in [6.45, 7) is 1.81. The normalized spacial score (nSPS) is 32.4. The fourth-order valence-corrected chi connectivity index (χ4v) is 5.28. The number of aliphatic imine (C=N–C) groups is 1. The number of azo groups is 1. The topological polar surface area (TPSA) is 69.8 Å². The summed E-state index contributed by atoms with van der Waals surface area (Å²) in [4.78, 5) is 17.8. The third-order valence-corrected chi connectivity index (χ3v) is 7.10. The minimum Gasteiger partial charge on any atom is -0.269 e. The SMILES string of the molecule is CC1=NN(C2=N[C@@H]3CC[C@H](Br)[C@H]3S2)C(=O)[C@@H]1N=Nc1ccccc1. The second kappa shape index (κ2) is 6.40. The van der Waals surface area contributed by atoms with Crippen LogP contribution in [0.1, 0.15) is 19.8 Å². The van der Waals surface area contributed by atoms with Gasteiger partial charge in [-0.25, -0.2) is 0 Å². The van der Waals surface area contributed by atoms with Gasteiger partial charge in [0, 0.05) is 10.1 Å². The molecule has 2 aliphatic heterocycles. The van der Waals surface area contributed by atoms with Crippen molar-refractivity contribution in [2.75, 3.05) is 0 Å². The molecule has 0 aromatic heterocycles. The van der Waals surface area contributed by atoms with Gasteiger partial charge in [-0.3, -0.25) is 9.79 Å². The van der Waals surface area contributed by atoms with Gasteiger partial charge in [-0.05, 0) is 31.9 Å². The van der Waals surface area contributed by atoms with E-state index in [4.69, 9.17) is 4.99 Å². The number of carbonyl (C=O) groups excluding carboxylic acids is 1. The zero-order valence-corrected chi connectivity index (χ0v) is 15.4. The molecule has 2 heterocycles. The maximum atomic E-state index is 12.7. The van der Waals surface area contributed by atoms with E-state index < -0.39 is 6.04 Å². The number of carbonyl (C=O) groups is 1. The number of rotatable bonds is 2. The largest absolute Gasteiger partial charge is 0.281 e. The highest BCUT2D eigenvalue weighted by Crippen LogP contribution is 2.43. The van der Waals surface area contributed by atoms with Gasteiger partial charge in [-0.1, -0.05) is 45.9 Å². The molecule has 1 saturated carbocycles. The van der Waals surface area contributed by atoms with Gasteiger partial charge in [0.15, 0.2) is 11.2 Å². The van der Waals surface area contributed by atoms with E-state index in [1.54, 1.807) is 18.7 Å². The van der Waals surface area contributed by atoms with E-state index in [0.29, 0.717) is 21.0 Å². The number of hydrogen-bond acceptors (Lipinski definition) is 6. The lowest BCUT2D eigenvalue weighted by atomic mass is 10.2. The number of nitrogens with zero attached hydrogens (tertiary/aromatic N) is 5. The van der Waals surface area contributed by atoms with E-state index in [1.807, 2.05) is 30.3 Å². The molecule has 0 N–H and O–H groups in total. The Morgan fingerprint density at radius 3 is 2.83 bits per heavy atom. The van der Waals surface area contributed by atoms with Crippen molar-refractivity contribution in [1.82, 2.24) is 5.01 Å². The van der Waals surface area contributed by atoms with Crippen molar-refractivity contribution in [2.45, 2.75) is 41.9 Å². The number of amidine groups is 1. The Labute approximate surface area is 152 Å². The van der Waals surface area contributed by atoms with E-state index in [-0.39, 0.29) is 11.9 Å². The van der Waals surface area contributed by atoms with Crippen molar-refractivity contribution in [3.63, 3.8) is 0 Å². The third kappa shape index (κ3) is 2.82. The van der Waals surface area contributed by atoms with Gasteiger partial charge in [-0.15, -0.1) is 0 Å². The second-order valence-electron chi connectivity index (χ2n) is 6.00. The lowest BCUT2D eigenvalue weighted by Crippen LogP contribution is -2.32. The Kier molecular flexibility index (Phi) is 4.26. The summed E-state index contributed by atoms with van der Waals surface area (Å²) in [6, 6.07) is 9.01. The first kappa shape index (κ1) is 16.0. The molecule has 1 amide bonds. The highest BCUT2D eigenvalue weighted by molar-refractivity contribution is 9.09. The van der Waals surface area contributed by atoms with Gasteiger partial charge < -0.3 is 0 Å². The van der Waals surface area contributed by atoms with E-state index >= 15 is 0 Å². The number of alkyl halides is 1. The molecular formula is C16H16BrN5OS. The molecule has 1 fully saturated rings. The number of benzene rings is 1. The standard InChI is InChI=1S/C16H16BrN5OS/c1-9-13(20-19-10-5-3-2-4-6-10)15(23)22(21-9)16-18-12-8-7-11(17)14(12)24-16/h2-6,11-14H,7-8H2,1H3/t11-,12+,13+,14+/m0/s1. The summed E-state index contributed by atoms with van der Waals surface area (Å²) in [7, 11) is 0. The first-order chi connectivity index (χ1) is 11.6. The molecule has 124 valence electrons. The van der Waals surface area contributed by atoms with Crippen LogP contribution in [0.25, 0.3) is 0 Å². The lowest BCUT2D eigenvalue weighted by molar-refractivity contribution is -0.125. The van der Waals surface area contributed by atoms with E-state index in [9.17, 15) is 4.79 Å². The Balaban J connectivity index is 1.50. The van der Waals surface area contributed by atoms with E-state index in [1.165, 1.54) is 5.01 Å². The summed E-state index contributed by atoms with van der Waals surface area (Å²) in [5.74, 6) is -0.176. The number of hydrogen-bond donors (Lipinski definition) is 0. The number of fused-ring (bicyclic) bond motifs is 1. The number of amides is 1. The van der Waals surface area contributed by atoms with Gasteiger partial charge >= 0.3 is 0 Å². The molecule has 6 nitrogen and oxygen atoms in total. The average molecular weight is 406 g/mol. The maximum absolute atomic E-state index is 12.7. The average Bonchev–Trinajstić information content (AvgIpc) is 3.23. The predicted octanol–water partition coefficient (Wildman–Crippen LogP) is 3.75. The quantitative estimate of drug-likeness (QED) is 0.555. The van der Waals surface area contributed by atoms with Crippen molar-refractivity contribution in [2.24, 2.45) is 20.3 Å². The highest BCUT2D eigenvalue weighted by atomic mass is 79.9. The van der Waals surface area contributed by atoms with Crippen molar-refractivity contribution in [3.8, 4) is 0 Å². The molecule has 4 rings (SSSR count).